The first kappa shape index (κ1) is 17.3. The third kappa shape index (κ3) is 6.47. The Bertz CT molecular complexity index is 484. The van der Waals surface area contributed by atoms with Crippen molar-refractivity contribution in [1.82, 2.24) is 0 Å². The zero-order chi connectivity index (χ0) is 16.0. The first-order chi connectivity index (χ1) is 9.71. The Kier molecular flexibility index (Phi) is 6.00. The second-order valence-electron chi connectivity index (χ2n) is 6.21. The van der Waals surface area contributed by atoms with Crippen molar-refractivity contribution < 1.29 is 13.9 Å². The van der Waals surface area contributed by atoms with Crippen LogP contribution in [0, 0.1) is 11.7 Å². The minimum Gasteiger partial charge on any atom is -0.444 e. The van der Waals surface area contributed by atoms with Crippen LogP contribution >= 0.6 is 0 Å². The van der Waals surface area contributed by atoms with Gasteiger partial charge in [0.05, 0.1) is 11.4 Å². The van der Waals surface area contributed by atoms with E-state index in [4.69, 9.17) is 4.74 Å². The van der Waals surface area contributed by atoms with Gasteiger partial charge in [0.25, 0.3) is 0 Å². The van der Waals surface area contributed by atoms with Crippen molar-refractivity contribution in [3.05, 3.63) is 24.0 Å². The van der Waals surface area contributed by atoms with Gasteiger partial charge in [-0.25, -0.2) is 9.18 Å². The molecule has 1 rings (SSSR count). The second kappa shape index (κ2) is 7.29. The van der Waals surface area contributed by atoms with Crippen molar-refractivity contribution >= 4 is 17.5 Å². The standard InChI is InChI=1S/C16H25FN2O2/c1-6-11(2)10-18-14-9-12(17)7-8-13(14)19-15(20)21-16(3,4)5/h7-9,11,18H,6,10H2,1-5H3,(H,19,20). The number of nitrogens with one attached hydrogen (secondary N) is 2. The smallest absolute Gasteiger partial charge is 0.412 e. The van der Waals surface area contributed by atoms with Gasteiger partial charge in [0.15, 0.2) is 0 Å². The predicted molar refractivity (Wildman–Crippen MR) is 84.2 cm³/mol. The highest BCUT2D eigenvalue weighted by Crippen LogP contribution is 2.24. The number of ether oxygens (including phenoxy) is 1. The molecule has 0 spiro atoms. The van der Waals surface area contributed by atoms with E-state index in [0.29, 0.717) is 23.8 Å². The third-order valence-corrected chi connectivity index (χ3v) is 2.96. The maximum Gasteiger partial charge on any atom is 0.412 e. The average Bonchev–Trinajstić information content (AvgIpc) is 2.36. The molecule has 0 aliphatic rings. The number of rotatable bonds is 5. The molecule has 1 unspecified atom stereocenters. The van der Waals surface area contributed by atoms with E-state index in [9.17, 15) is 9.18 Å². The summed E-state index contributed by atoms with van der Waals surface area (Å²) >= 11 is 0. The first-order valence-corrected chi connectivity index (χ1v) is 7.24. The summed E-state index contributed by atoms with van der Waals surface area (Å²) in [5, 5.41) is 5.81. The van der Waals surface area contributed by atoms with Gasteiger partial charge in [0, 0.05) is 6.54 Å². The Labute approximate surface area is 126 Å². The lowest BCUT2D eigenvalue weighted by Gasteiger charge is -2.21. The van der Waals surface area contributed by atoms with Crippen LogP contribution in [0.1, 0.15) is 41.0 Å². The van der Waals surface area contributed by atoms with Crippen LogP contribution in [0.5, 0.6) is 0 Å². The van der Waals surface area contributed by atoms with E-state index < -0.39 is 11.7 Å². The molecule has 1 aromatic carbocycles. The molecule has 0 aliphatic heterocycles. The van der Waals surface area contributed by atoms with E-state index in [1.54, 1.807) is 20.8 Å². The average molecular weight is 296 g/mol. The summed E-state index contributed by atoms with van der Waals surface area (Å²) < 4.78 is 18.6. The molecule has 2 N–H and O–H groups in total. The van der Waals surface area contributed by atoms with E-state index in [2.05, 4.69) is 24.5 Å². The zero-order valence-electron chi connectivity index (χ0n) is 13.4. The lowest BCUT2D eigenvalue weighted by Crippen LogP contribution is -2.27. The number of amides is 1. The topological polar surface area (TPSA) is 50.4 Å². The largest absolute Gasteiger partial charge is 0.444 e. The zero-order valence-corrected chi connectivity index (χ0v) is 13.4. The van der Waals surface area contributed by atoms with Crippen LogP contribution in [-0.2, 0) is 4.74 Å². The Morgan fingerprint density at radius 1 is 1.33 bits per heavy atom. The monoisotopic (exact) mass is 296 g/mol. The van der Waals surface area contributed by atoms with Crippen molar-refractivity contribution in [3.63, 3.8) is 0 Å². The molecule has 4 nitrogen and oxygen atoms in total. The molecular formula is C16H25FN2O2. The first-order valence-electron chi connectivity index (χ1n) is 7.24. The van der Waals surface area contributed by atoms with Crippen molar-refractivity contribution in [2.24, 2.45) is 5.92 Å². The summed E-state index contributed by atoms with van der Waals surface area (Å²) in [6.07, 6.45) is 0.470. The maximum atomic E-state index is 13.4. The minimum absolute atomic E-state index is 0.351. The molecule has 0 aliphatic carbocycles. The lowest BCUT2D eigenvalue weighted by atomic mass is 10.1. The maximum absolute atomic E-state index is 13.4. The SMILES string of the molecule is CCC(C)CNc1cc(F)ccc1NC(=O)OC(C)(C)C. The summed E-state index contributed by atoms with van der Waals surface area (Å²) in [5.74, 6) is 0.110. The van der Waals surface area contributed by atoms with Gasteiger partial charge in [-0.1, -0.05) is 20.3 Å². The Hall–Kier alpha value is -1.78. The molecule has 0 radical (unpaired) electrons. The van der Waals surface area contributed by atoms with Crippen LogP contribution in [-0.4, -0.2) is 18.2 Å². The predicted octanol–water partition coefficient (Wildman–Crippen LogP) is 4.63. The molecule has 0 saturated carbocycles. The molecule has 21 heavy (non-hydrogen) atoms. The highest BCUT2D eigenvalue weighted by Gasteiger charge is 2.17. The minimum atomic E-state index is -0.575. The lowest BCUT2D eigenvalue weighted by molar-refractivity contribution is 0.0636. The molecule has 0 fully saturated rings. The van der Waals surface area contributed by atoms with E-state index >= 15 is 0 Å². The number of carbonyl (C=O) groups is 1. The number of hydrogen-bond donors (Lipinski definition) is 2. The van der Waals surface area contributed by atoms with Crippen LogP contribution < -0.4 is 10.6 Å². The quantitative estimate of drug-likeness (QED) is 0.833. The Balaban J connectivity index is 2.79. The number of benzene rings is 1. The van der Waals surface area contributed by atoms with E-state index in [0.717, 1.165) is 6.42 Å². The number of anilines is 2. The molecule has 5 heteroatoms. The molecule has 1 amide bonds. The summed E-state index contributed by atoms with van der Waals surface area (Å²) in [6.45, 7) is 10.3. The molecule has 0 saturated heterocycles. The molecule has 0 bridgehead atoms. The van der Waals surface area contributed by atoms with Gasteiger partial charge in [0.2, 0.25) is 0 Å². The molecular weight excluding hydrogens is 271 g/mol. The summed E-state index contributed by atoms with van der Waals surface area (Å²) in [5.41, 5.74) is 0.490. The van der Waals surface area contributed by atoms with E-state index in [1.165, 1.54) is 18.2 Å². The fourth-order valence-corrected chi connectivity index (χ4v) is 1.61. The van der Waals surface area contributed by atoms with Crippen LogP contribution in [0.3, 0.4) is 0 Å². The van der Waals surface area contributed by atoms with Gasteiger partial charge in [-0.15, -0.1) is 0 Å². The molecule has 0 aromatic heterocycles. The van der Waals surface area contributed by atoms with Gasteiger partial charge in [0.1, 0.15) is 11.4 Å². The van der Waals surface area contributed by atoms with Crippen molar-refractivity contribution in [3.8, 4) is 0 Å². The number of halogens is 1. The van der Waals surface area contributed by atoms with Crippen molar-refractivity contribution in [2.75, 3.05) is 17.2 Å². The summed E-state index contributed by atoms with van der Waals surface area (Å²) in [6, 6.07) is 4.20. The van der Waals surface area contributed by atoms with Gasteiger partial charge in [-0.3, -0.25) is 5.32 Å². The summed E-state index contributed by atoms with van der Waals surface area (Å²) in [4.78, 5) is 11.8. The second-order valence-corrected chi connectivity index (χ2v) is 6.21. The molecule has 1 atom stereocenters. The normalized spacial score (nSPS) is 12.7. The van der Waals surface area contributed by atoms with E-state index in [1.807, 2.05) is 0 Å². The highest BCUT2D eigenvalue weighted by molar-refractivity contribution is 5.89. The van der Waals surface area contributed by atoms with Crippen molar-refractivity contribution in [2.45, 2.75) is 46.6 Å². The van der Waals surface area contributed by atoms with Crippen molar-refractivity contribution in [1.29, 1.82) is 0 Å². The van der Waals surface area contributed by atoms with E-state index in [-0.39, 0.29) is 5.82 Å². The van der Waals surface area contributed by atoms with Crippen LogP contribution in [0.15, 0.2) is 18.2 Å². The number of carbonyl (C=O) groups excluding carboxylic acids is 1. The van der Waals surface area contributed by atoms with Crippen LogP contribution in [0.2, 0.25) is 0 Å². The summed E-state index contributed by atoms with van der Waals surface area (Å²) in [7, 11) is 0. The van der Waals surface area contributed by atoms with Gasteiger partial charge in [-0.2, -0.15) is 0 Å². The van der Waals surface area contributed by atoms with Gasteiger partial charge < -0.3 is 10.1 Å². The van der Waals surface area contributed by atoms with Gasteiger partial charge >= 0.3 is 6.09 Å². The van der Waals surface area contributed by atoms with Gasteiger partial charge in [-0.05, 0) is 44.9 Å². The Morgan fingerprint density at radius 2 is 2.00 bits per heavy atom. The van der Waals surface area contributed by atoms with Crippen LogP contribution in [0.25, 0.3) is 0 Å². The molecule has 0 heterocycles. The third-order valence-electron chi connectivity index (χ3n) is 2.96. The fourth-order valence-electron chi connectivity index (χ4n) is 1.61. The Morgan fingerprint density at radius 3 is 2.57 bits per heavy atom. The van der Waals surface area contributed by atoms with Crippen LogP contribution in [0.4, 0.5) is 20.6 Å². The highest BCUT2D eigenvalue weighted by atomic mass is 19.1. The fraction of sp³-hybridized carbons (Fsp3) is 0.562. The molecule has 1 aromatic rings. The number of hydrogen-bond acceptors (Lipinski definition) is 3. The molecule has 118 valence electrons.